The number of hydrogen-bond acceptors (Lipinski definition) is 5. The number of rotatable bonds is 8. The number of non-ortho nitro benzene ring substituents is 1. The summed E-state index contributed by atoms with van der Waals surface area (Å²) in [7, 11) is 0. The molecule has 0 bridgehead atoms. The second kappa shape index (κ2) is 10.3. The van der Waals surface area contributed by atoms with Crippen LogP contribution in [0.4, 0.5) is 5.69 Å². The number of nitrogens with one attached hydrogen (secondary N) is 2. The topological polar surface area (TPSA) is 114 Å². The zero-order valence-electron chi connectivity index (χ0n) is 16.0. The van der Waals surface area contributed by atoms with Crippen LogP contribution in [0.2, 0.25) is 5.02 Å². The lowest BCUT2D eigenvalue weighted by Gasteiger charge is -2.19. The second-order valence-electron chi connectivity index (χ2n) is 6.75. The minimum atomic E-state index is -0.791. The molecule has 1 unspecified atom stereocenters. The Morgan fingerprint density at radius 2 is 1.90 bits per heavy atom. The van der Waals surface area contributed by atoms with E-state index in [0.717, 1.165) is 0 Å². The first-order valence-corrected chi connectivity index (χ1v) is 9.28. The zero-order valence-corrected chi connectivity index (χ0v) is 16.7. The van der Waals surface area contributed by atoms with Gasteiger partial charge >= 0.3 is 0 Å². The molecule has 2 rings (SSSR count). The van der Waals surface area contributed by atoms with Crippen molar-refractivity contribution in [2.45, 2.75) is 26.3 Å². The van der Waals surface area contributed by atoms with E-state index >= 15 is 0 Å². The number of halogens is 1. The third kappa shape index (κ3) is 7.00. The maximum Gasteiger partial charge on any atom is 0.270 e. The highest BCUT2D eigenvalue weighted by Crippen LogP contribution is 2.12. The SMILES string of the molecule is CC(C)CC(NC(=O)c1ccc(Cl)cc1)C(=O)N/N=C/c1cccc([N+](=O)[O-])c1. The molecular weight excluding hydrogens is 396 g/mol. The molecule has 0 saturated carbocycles. The number of nitro benzene ring substituents is 1. The third-order valence-electron chi connectivity index (χ3n) is 3.90. The molecule has 2 aromatic rings. The van der Waals surface area contributed by atoms with Crippen molar-refractivity contribution >= 4 is 35.3 Å². The maximum atomic E-state index is 12.5. The Morgan fingerprint density at radius 1 is 1.21 bits per heavy atom. The summed E-state index contributed by atoms with van der Waals surface area (Å²) in [5, 5.41) is 17.9. The summed E-state index contributed by atoms with van der Waals surface area (Å²) in [6.07, 6.45) is 1.72. The molecule has 152 valence electrons. The highest BCUT2D eigenvalue weighted by molar-refractivity contribution is 6.30. The van der Waals surface area contributed by atoms with E-state index in [2.05, 4.69) is 15.8 Å². The molecule has 2 aromatic carbocycles. The van der Waals surface area contributed by atoms with E-state index in [1.807, 2.05) is 13.8 Å². The van der Waals surface area contributed by atoms with E-state index in [0.29, 0.717) is 22.6 Å². The predicted octanol–water partition coefficient (Wildman–Crippen LogP) is 3.54. The molecule has 0 saturated heterocycles. The van der Waals surface area contributed by atoms with Crippen LogP contribution in [0.5, 0.6) is 0 Å². The molecule has 8 nitrogen and oxygen atoms in total. The van der Waals surface area contributed by atoms with Gasteiger partial charge in [-0.2, -0.15) is 5.10 Å². The van der Waals surface area contributed by atoms with Crippen molar-refractivity contribution < 1.29 is 14.5 Å². The van der Waals surface area contributed by atoms with E-state index in [9.17, 15) is 19.7 Å². The quantitative estimate of drug-likeness (QED) is 0.389. The summed E-state index contributed by atoms with van der Waals surface area (Å²) in [5.74, 6) is -0.732. The summed E-state index contributed by atoms with van der Waals surface area (Å²) >= 11 is 5.83. The number of carbonyl (C=O) groups is 2. The Morgan fingerprint density at radius 3 is 2.52 bits per heavy atom. The van der Waals surface area contributed by atoms with E-state index in [1.165, 1.54) is 24.4 Å². The molecule has 2 N–H and O–H groups in total. The van der Waals surface area contributed by atoms with Crippen LogP contribution in [-0.4, -0.2) is 29.0 Å². The Kier molecular flexibility index (Phi) is 7.85. The van der Waals surface area contributed by atoms with Gasteiger partial charge in [-0.05, 0) is 36.6 Å². The first-order chi connectivity index (χ1) is 13.8. The predicted molar refractivity (Wildman–Crippen MR) is 111 cm³/mol. The summed E-state index contributed by atoms with van der Waals surface area (Å²) in [4.78, 5) is 35.2. The standard InChI is InChI=1S/C20H21ClN4O4/c1-13(2)10-18(23-19(26)15-6-8-16(21)9-7-15)20(27)24-22-12-14-4-3-5-17(11-14)25(28)29/h3-9,11-13,18H,10H2,1-2H3,(H,23,26)(H,24,27)/b22-12+. The average Bonchev–Trinajstić information content (AvgIpc) is 2.67. The molecular formula is C20H21ClN4O4. The van der Waals surface area contributed by atoms with E-state index in [4.69, 9.17) is 11.6 Å². The van der Waals surface area contributed by atoms with E-state index in [1.54, 1.807) is 30.3 Å². The van der Waals surface area contributed by atoms with Crippen LogP contribution >= 0.6 is 11.6 Å². The Labute approximate surface area is 173 Å². The van der Waals surface area contributed by atoms with Crippen LogP contribution in [0.25, 0.3) is 0 Å². The number of nitrogens with zero attached hydrogens (tertiary/aromatic N) is 2. The minimum absolute atomic E-state index is 0.0758. The molecule has 0 aliphatic carbocycles. The number of hydrogen-bond donors (Lipinski definition) is 2. The van der Waals surface area contributed by atoms with Crippen LogP contribution in [0.3, 0.4) is 0 Å². The van der Waals surface area contributed by atoms with Gasteiger partial charge in [-0.25, -0.2) is 5.43 Å². The van der Waals surface area contributed by atoms with Gasteiger partial charge in [0.05, 0.1) is 11.1 Å². The van der Waals surface area contributed by atoms with Gasteiger partial charge in [0.2, 0.25) is 0 Å². The normalized spacial score (nSPS) is 12.0. The number of benzene rings is 2. The zero-order chi connectivity index (χ0) is 21.4. The van der Waals surface area contributed by atoms with Crippen molar-refractivity contribution in [1.82, 2.24) is 10.7 Å². The minimum Gasteiger partial charge on any atom is -0.340 e. The van der Waals surface area contributed by atoms with Gasteiger partial charge in [-0.1, -0.05) is 37.6 Å². The van der Waals surface area contributed by atoms with Crippen molar-refractivity contribution in [3.8, 4) is 0 Å². The van der Waals surface area contributed by atoms with Gasteiger partial charge in [0.15, 0.2) is 0 Å². The lowest BCUT2D eigenvalue weighted by molar-refractivity contribution is -0.384. The van der Waals surface area contributed by atoms with Gasteiger partial charge in [-0.3, -0.25) is 19.7 Å². The molecule has 2 amide bonds. The summed E-state index contributed by atoms with van der Waals surface area (Å²) in [6.45, 7) is 3.86. The van der Waals surface area contributed by atoms with Crippen LogP contribution in [0.15, 0.2) is 53.6 Å². The van der Waals surface area contributed by atoms with Crippen molar-refractivity contribution in [2.75, 3.05) is 0 Å². The number of carbonyl (C=O) groups excluding carboxylic acids is 2. The summed E-state index contributed by atoms with van der Waals surface area (Å²) in [5.41, 5.74) is 3.15. The Bertz CT molecular complexity index is 913. The fourth-order valence-electron chi connectivity index (χ4n) is 2.51. The number of nitro groups is 1. The van der Waals surface area contributed by atoms with Crippen molar-refractivity contribution in [2.24, 2.45) is 11.0 Å². The molecule has 0 aliphatic rings. The first-order valence-electron chi connectivity index (χ1n) is 8.90. The highest BCUT2D eigenvalue weighted by atomic mass is 35.5. The lowest BCUT2D eigenvalue weighted by atomic mass is 10.0. The summed E-state index contributed by atoms with van der Waals surface area (Å²) < 4.78 is 0. The van der Waals surface area contributed by atoms with Crippen molar-refractivity contribution in [3.05, 3.63) is 74.8 Å². The number of hydrazone groups is 1. The maximum absolute atomic E-state index is 12.5. The second-order valence-corrected chi connectivity index (χ2v) is 7.19. The largest absolute Gasteiger partial charge is 0.340 e. The van der Waals surface area contributed by atoms with Gasteiger partial charge in [-0.15, -0.1) is 0 Å². The van der Waals surface area contributed by atoms with Gasteiger partial charge in [0.25, 0.3) is 17.5 Å². The van der Waals surface area contributed by atoms with Gasteiger partial charge in [0, 0.05) is 28.3 Å². The fraction of sp³-hybridized carbons (Fsp3) is 0.250. The summed E-state index contributed by atoms with van der Waals surface area (Å²) in [6, 6.07) is 11.4. The molecule has 0 aromatic heterocycles. The lowest BCUT2D eigenvalue weighted by Crippen LogP contribution is -2.46. The Hall–Kier alpha value is -3.26. The van der Waals surface area contributed by atoms with Crippen LogP contribution in [0, 0.1) is 16.0 Å². The van der Waals surface area contributed by atoms with Crippen LogP contribution in [0.1, 0.15) is 36.2 Å². The Balaban J connectivity index is 2.04. The van der Waals surface area contributed by atoms with Crippen LogP contribution in [-0.2, 0) is 4.79 Å². The highest BCUT2D eigenvalue weighted by Gasteiger charge is 2.22. The molecule has 0 heterocycles. The molecule has 0 fully saturated rings. The smallest absolute Gasteiger partial charge is 0.270 e. The molecule has 0 spiro atoms. The fourth-order valence-corrected chi connectivity index (χ4v) is 2.64. The molecule has 0 aliphatic heterocycles. The van der Waals surface area contributed by atoms with E-state index in [-0.39, 0.29) is 11.6 Å². The number of amides is 2. The molecule has 1 atom stereocenters. The van der Waals surface area contributed by atoms with Crippen molar-refractivity contribution in [1.29, 1.82) is 0 Å². The van der Waals surface area contributed by atoms with Crippen LogP contribution < -0.4 is 10.7 Å². The van der Waals surface area contributed by atoms with E-state index < -0.39 is 22.8 Å². The molecule has 9 heteroatoms. The van der Waals surface area contributed by atoms with Gasteiger partial charge < -0.3 is 5.32 Å². The van der Waals surface area contributed by atoms with Gasteiger partial charge in [0.1, 0.15) is 6.04 Å². The average molecular weight is 417 g/mol. The molecule has 0 radical (unpaired) electrons. The molecule has 29 heavy (non-hydrogen) atoms. The third-order valence-corrected chi connectivity index (χ3v) is 4.16. The monoisotopic (exact) mass is 416 g/mol. The first kappa shape index (κ1) is 22.0. The van der Waals surface area contributed by atoms with Crippen molar-refractivity contribution in [3.63, 3.8) is 0 Å².